The van der Waals surface area contributed by atoms with E-state index < -0.39 is 4.92 Å². The third-order valence-electron chi connectivity index (χ3n) is 2.17. The van der Waals surface area contributed by atoms with Crippen LogP contribution in [-0.2, 0) is 6.61 Å². The molecular weight excluding hydrogens is 342 g/mol. The number of rotatable bonds is 4. The number of nitro groups is 1. The molecule has 0 saturated heterocycles. The number of hydrogen-bond acceptors (Lipinski definition) is 4. The van der Waals surface area contributed by atoms with E-state index in [2.05, 4.69) is 15.9 Å². The molecule has 0 amide bonds. The first-order chi connectivity index (χ1) is 8.58. The van der Waals surface area contributed by atoms with E-state index in [-0.39, 0.29) is 18.0 Å². The van der Waals surface area contributed by atoms with E-state index in [0.29, 0.717) is 5.02 Å². The number of nitrogens with zero attached hydrogens (tertiary/aromatic N) is 1. The standard InChI is InChI=1S/C11H7BrClNO3S/c12-8-3-4-18-11(8)6-17-10-2-1-7(13)5-9(10)14(15)16/h1-5H,6H2. The minimum absolute atomic E-state index is 0.129. The van der Waals surface area contributed by atoms with E-state index in [9.17, 15) is 10.1 Å². The van der Waals surface area contributed by atoms with Crippen LogP contribution >= 0.6 is 38.9 Å². The smallest absolute Gasteiger partial charge is 0.312 e. The number of halogens is 2. The first kappa shape index (κ1) is 13.3. The molecule has 0 atom stereocenters. The predicted molar refractivity (Wildman–Crippen MR) is 74.5 cm³/mol. The third-order valence-corrected chi connectivity index (χ3v) is 4.30. The molecule has 94 valence electrons. The number of ether oxygens (including phenoxy) is 1. The van der Waals surface area contributed by atoms with Gasteiger partial charge in [-0.1, -0.05) is 11.6 Å². The molecule has 0 bridgehead atoms. The fourth-order valence-corrected chi connectivity index (χ4v) is 2.87. The summed E-state index contributed by atoms with van der Waals surface area (Å²) in [7, 11) is 0. The van der Waals surface area contributed by atoms with E-state index >= 15 is 0 Å². The van der Waals surface area contributed by atoms with Crippen LogP contribution in [0.15, 0.2) is 34.1 Å². The molecule has 0 radical (unpaired) electrons. The van der Waals surface area contributed by atoms with Crippen molar-refractivity contribution >= 4 is 44.6 Å². The van der Waals surface area contributed by atoms with Crippen LogP contribution in [0.3, 0.4) is 0 Å². The highest BCUT2D eigenvalue weighted by molar-refractivity contribution is 9.10. The van der Waals surface area contributed by atoms with Gasteiger partial charge in [-0.3, -0.25) is 10.1 Å². The van der Waals surface area contributed by atoms with Gasteiger partial charge in [-0.2, -0.15) is 0 Å². The lowest BCUT2D eigenvalue weighted by molar-refractivity contribution is -0.385. The van der Waals surface area contributed by atoms with Crippen molar-refractivity contribution in [2.75, 3.05) is 0 Å². The van der Waals surface area contributed by atoms with Crippen LogP contribution in [0.4, 0.5) is 5.69 Å². The summed E-state index contributed by atoms with van der Waals surface area (Å²) in [6.45, 7) is 0.278. The van der Waals surface area contributed by atoms with Crippen LogP contribution in [0.2, 0.25) is 5.02 Å². The Morgan fingerprint density at radius 1 is 1.44 bits per heavy atom. The van der Waals surface area contributed by atoms with Gasteiger partial charge in [-0.25, -0.2) is 0 Å². The minimum Gasteiger partial charge on any atom is -0.481 e. The fraction of sp³-hybridized carbons (Fsp3) is 0.0909. The highest BCUT2D eigenvalue weighted by Gasteiger charge is 2.16. The van der Waals surface area contributed by atoms with Gasteiger partial charge in [0, 0.05) is 15.6 Å². The molecule has 4 nitrogen and oxygen atoms in total. The molecule has 1 heterocycles. The van der Waals surface area contributed by atoms with Crippen LogP contribution < -0.4 is 4.74 Å². The van der Waals surface area contributed by atoms with Crippen LogP contribution in [0.5, 0.6) is 5.75 Å². The van der Waals surface area contributed by atoms with E-state index in [4.69, 9.17) is 16.3 Å². The van der Waals surface area contributed by atoms with Gasteiger partial charge in [0.25, 0.3) is 0 Å². The second kappa shape index (κ2) is 5.69. The summed E-state index contributed by atoms with van der Waals surface area (Å²) in [6, 6.07) is 6.25. The number of hydrogen-bond donors (Lipinski definition) is 0. The molecule has 0 unspecified atom stereocenters. The topological polar surface area (TPSA) is 52.4 Å². The maximum atomic E-state index is 10.9. The normalized spacial score (nSPS) is 10.3. The Bertz CT molecular complexity index is 587. The minimum atomic E-state index is -0.509. The molecule has 0 aliphatic rings. The van der Waals surface area contributed by atoms with Crippen LogP contribution in [0.25, 0.3) is 0 Å². The number of thiophene rings is 1. The average Bonchev–Trinajstić information content (AvgIpc) is 2.73. The van der Waals surface area contributed by atoms with Gasteiger partial charge in [0.1, 0.15) is 6.61 Å². The molecule has 18 heavy (non-hydrogen) atoms. The zero-order valence-electron chi connectivity index (χ0n) is 8.93. The number of nitro benzene ring substituents is 1. The third kappa shape index (κ3) is 3.01. The molecule has 1 aromatic carbocycles. The summed E-state index contributed by atoms with van der Waals surface area (Å²) < 4.78 is 6.39. The van der Waals surface area contributed by atoms with Crippen molar-refractivity contribution in [1.82, 2.24) is 0 Å². The van der Waals surface area contributed by atoms with E-state index in [0.717, 1.165) is 9.35 Å². The van der Waals surface area contributed by atoms with E-state index in [1.807, 2.05) is 11.4 Å². The van der Waals surface area contributed by atoms with Crippen molar-refractivity contribution < 1.29 is 9.66 Å². The molecule has 1 aromatic heterocycles. The fourth-order valence-electron chi connectivity index (χ4n) is 1.33. The Morgan fingerprint density at radius 3 is 2.83 bits per heavy atom. The molecule has 0 spiro atoms. The molecular formula is C11H7BrClNO3S. The second-order valence-electron chi connectivity index (χ2n) is 3.35. The molecule has 7 heteroatoms. The molecule has 2 rings (SSSR count). The lowest BCUT2D eigenvalue weighted by Crippen LogP contribution is -1.98. The van der Waals surface area contributed by atoms with E-state index in [1.165, 1.54) is 23.5 Å². The second-order valence-corrected chi connectivity index (χ2v) is 5.64. The summed E-state index contributed by atoms with van der Waals surface area (Å²) in [6.07, 6.45) is 0. The Labute approximate surface area is 120 Å². The highest BCUT2D eigenvalue weighted by atomic mass is 79.9. The highest BCUT2D eigenvalue weighted by Crippen LogP contribution is 2.31. The molecule has 0 fully saturated rings. The van der Waals surface area contributed by atoms with Crippen molar-refractivity contribution in [3.8, 4) is 5.75 Å². The van der Waals surface area contributed by atoms with Crippen molar-refractivity contribution in [3.63, 3.8) is 0 Å². The van der Waals surface area contributed by atoms with Gasteiger partial charge in [-0.15, -0.1) is 11.3 Å². The molecule has 0 aliphatic carbocycles. The monoisotopic (exact) mass is 347 g/mol. The van der Waals surface area contributed by atoms with Crippen LogP contribution in [-0.4, -0.2) is 4.92 Å². The summed E-state index contributed by atoms with van der Waals surface area (Å²) in [5.41, 5.74) is -0.129. The van der Waals surface area contributed by atoms with Crippen molar-refractivity contribution in [1.29, 1.82) is 0 Å². The predicted octanol–water partition coefficient (Wildman–Crippen LogP) is 4.65. The van der Waals surface area contributed by atoms with Gasteiger partial charge in [0.05, 0.1) is 9.80 Å². The summed E-state index contributed by atoms with van der Waals surface area (Å²) in [5.74, 6) is 0.213. The SMILES string of the molecule is O=[N+]([O-])c1cc(Cl)ccc1OCc1sccc1Br. The Hall–Kier alpha value is -1.11. The quantitative estimate of drug-likeness (QED) is 0.597. The Balaban J connectivity index is 2.19. The molecule has 0 aliphatic heterocycles. The largest absolute Gasteiger partial charge is 0.481 e. The lowest BCUT2D eigenvalue weighted by Gasteiger charge is -2.06. The average molecular weight is 349 g/mol. The van der Waals surface area contributed by atoms with Gasteiger partial charge < -0.3 is 4.74 Å². The van der Waals surface area contributed by atoms with Gasteiger partial charge >= 0.3 is 5.69 Å². The van der Waals surface area contributed by atoms with E-state index in [1.54, 1.807) is 6.07 Å². The Kier molecular flexibility index (Phi) is 4.21. The first-order valence-electron chi connectivity index (χ1n) is 4.86. The zero-order chi connectivity index (χ0) is 13.1. The van der Waals surface area contributed by atoms with Crippen LogP contribution in [0.1, 0.15) is 4.88 Å². The molecule has 0 saturated carbocycles. The number of benzene rings is 1. The van der Waals surface area contributed by atoms with Crippen molar-refractivity contribution in [2.24, 2.45) is 0 Å². The first-order valence-corrected chi connectivity index (χ1v) is 6.91. The maximum absolute atomic E-state index is 10.9. The van der Waals surface area contributed by atoms with Gasteiger partial charge in [0.15, 0.2) is 5.75 Å². The maximum Gasteiger partial charge on any atom is 0.312 e. The zero-order valence-corrected chi connectivity index (χ0v) is 12.1. The van der Waals surface area contributed by atoms with Crippen LogP contribution in [0, 0.1) is 10.1 Å². The molecule has 0 N–H and O–H groups in total. The summed E-state index contributed by atoms with van der Waals surface area (Å²) >= 11 is 10.6. The van der Waals surface area contributed by atoms with Crippen molar-refractivity contribution in [3.05, 3.63) is 54.1 Å². The van der Waals surface area contributed by atoms with Gasteiger partial charge in [-0.05, 0) is 39.5 Å². The molecule has 2 aromatic rings. The summed E-state index contributed by atoms with van der Waals surface area (Å²) in [5, 5.41) is 13.1. The van der Waals surface area contributed by atoms with Gasteiger partial charge in [0.2, 0.25) is 0 Å². The van der Waals surface area contributed by atoms with Crippen molar-refractivity contribution in [2.45, 2.75) is 6.61 Å². The lowest BCUT2D eigenvalue weighted by atomic mass is 10.3. The summed E-state index contributed by atoms with van der Waals surface area (Å²) in [4.78, 5) is 11.3. The Morgan fingerprint density at radius 2 is 2.22 bits per heavy atom.